The highest BCUT2D eigenvalue weighted by molar-refractivity contribution is 7.89. The highest BCUT2D eigenvalue weighted by Gasteiger charge is 2.23. The minimum Gasteiger partial charge on any atom is -0.478 e. The number of hydrogen-bond acceptors (Lipinski definition) is 5. The van der Waals surface area contributed by atoms with Crippen LogP contribution in [0.3, 0.4) is 0 Å². The minimum absolute atomic E-state index is 0.0819. The van der Waals surface area contributed by atoms with Gasteiger partial charge in [0.25, 0.3) is 15.9 Å². The molecular weight excluding hydrogens is 377 g/mol. The molecular formula is C17H16FN3O5S. The summed E-state index contributed by atoms with van der Waals surface area (Å²) in [5, 5.41) is 2.60. The molecule has 142 valence electrons. The summed E-state index contributed by atoms with van der Waals surface area (Å²) in [6, 6.07) is 9.67. The summed E-state index contributed by atoms with van der Waals surface area (Å²) in [7, 11) is -4.06. The van der Waals surface area contributed by atoms with Gasteiger partial charge in [-0.3, -0.25) is 15.0 Å². The van der Waals surface area contributed by atoms with Crippen LogP contribution in [0.1, 0.15) is 12.5 Å². The number of carbonyl (C=O) groups is 2. The van der Waals surface area contributed by atoms with Crippen LogP contribution in [0.15, 0.2) is 47.4 Å². The highest BCUT2D eigenvalue weighted by atomic mass is 32.2. The lowest BCUT2D eigenvalue weighted by Gasteiger charge is -2.15. The van der Waals surface area contributed by atoms with Crippen LogP contribution in [0.2, 0.25) is 0 Å². The van der Waals surface area contributed by atoms with E-state index in [1.807, 2.05) is 10.3 Å². The van der Waals surface area contributed by atoms with Gasteiger partial charge in [0.1, 0.15) is 0 Å². The second-order valence-electron chi connectivity index (χ2n) is 5.83. The molecule has 27 heavy (non-hydrogen) atoms. The predicted molar refractivity (Wildman–Crippen MR) is 93.7 cm³/mol. The molecule has 0 saturated carbocycles. The number of carbonyl (C=O) groups excluding carboxylic acids is 2. The Kier molecular flexibility index (Phi) is 5.10. The van der Waals surface area contributed by atoms with E-state index in [1.54, 1.807) is 6.07 Å². The Hall–Kier alpha value is -2.98. The Bertz CT molecular complexity index is 1010. The van der Waals surface area contributed by atoms with Crippen molar-refractivity contribution in [1.29, 1.82) is 0 Å². The van der Waals surface area contributed by atoms with E-state index in [0.717, 1.165) is 0 Å². The molecule has 0 radical (unpaired) electrons. The molecule has 1 aliphatic heterocycles. The number of nitrogens with one attached hydrogen (secondary N) is 3. The molecule has 0 saturated heterocycles. The van der Waals surface area contributed by atoms with Gasteiger partial charge >= 0.3 is 0 Å². The average molecular weight is 393 g/mol. The molecule has 10 heteroatoms. The Morgan fingerprint density at radius 1 is 1.26 bits per heavy atom. The fourth-order valence-electron chi connectivity index (χ4n) is 2.44. The van der Waals surface area contributed by atoms with E-state index >= 15 is 0 Å². The predicted octanol–water partition coefficient (Wildman–Crippen LogP) is 1.10. The summed E-state index contributed by atoms with van der Waals surface area (Å²) < 4.78 is 43.4. The van der Waals surface area contributed by atoms with Gasteiger partial charge < -0.3 is 10.1 Å². The van der Waals surface area contributed by atoms with Crippen molar-refractivity contribution in [2.75, 3.05) is 5.32 Å². The number of anilines is 1. The first-order valence-corrected chi connectivity index (χ1v) is 9.40. The summed E-state index contributed by atoms with van der Waals surface area (Å²) >= 11 is 0. The van der Waals surface area contributed by atoms with Gasteiger partial charge in [-0.1, -0.05) is 12.1 Å². The number of hydrogen-bond donors (Lipinski definition) is 3. The van der Waals surface area contributed by atoms with Crippen molar-refractivity contribution in [3.63, 3.8) is 0 Å². The number of benzene rings is 2. The molecule has 0 unspecified atom stereocenters. The van der Waals surface area contributed by atoms with Gasteiger partial charge in [-0.25, -0.2) is 12.8 Å². The number of para-hydroxylation sites is 1. The molecule has 2 aromatic carbocycles. The number of rotatable bonds is 6. The van der Waals surface area contributed by atoms with Crippen molar-refractivity contribution >= 4 is 27.5 Å². The van der Waals surface area contributed by atoms with E-state index in [9.17, 15) is 22.4 Å². The summed E-state index contributed by atoms with van der Waals surface area (Å²) in [4.78, 5) is 25.2. The van der Waals surface area contributed by atoms with Gasteiger partial charge in [0, 0.05) is 5.69 Å². The third-order valence-electron chi connectivity index (χ3n) is 3.83. The lowest BCUT2D eigenvalue weighted by molar-refractivity contribution is -0.127. The van der Waals surface area contributed by atoms with E-state index in [2.05, 4.69) is 5.32 Å². The van der Waals surface area contributed by atoms with Gasteiger partial charge in [0.2, 0.25) is 5.91 Å². The second-order valence-corrected chi connectivity index (χ2v) is 7.51. The zero-order valence-electron chi connectivity index (χ0n) is 14.2. The molecule has 0 aliphatic carbocycles. The molecule has 3 N–H and O–H groups in total. The Morgan fingerprint density at radius 3 is 2.74 bits per heavy atom. The summed E-state index contributed by atoms with van der Waals surface area (Å²) in [5.74, 6) is -1.79. The zero-order valence-corrected chi connectivity index (χ0v) is 15.0. The minimum atomic E-state index is -4.06. The molecule has 1 heterocycles. The Balaban J connectivity index is 1.63. The lowest BCUT2D eigenvalue weighted by Crippen LogP contribution is -2.47. The van der Waals surface area contributed by atoms with Crippen molar-refractivity contribution < 1.29 is 27.1 Å². The number of sulfonamides is 1. The number of amides is 2. The lowest BCUT2D eigenvalue weighted by atomic mass is 10.2. The quantitative estimate of drug-likeness (QED) is 0.636. The van der Waals surface area contributed by atoms with Crippen molar-refractivity contribution in [2.24, 2.45) is 0 Å². The summed E-state index contributed by atoms with van der Waals surface area (Å²) in [5.41, 5.74) is 3.13. The van der Waals surface area contributed by atoms with E-state index in [0.29, 0.717) is 11.3 Å². The third kappa shape index (κ3) is 4.23. The van der Waals surface area contributed by atoms with Crippen LogP contribution in [-0.4, -0.2) is 26.3 Å². The second kappa shape index (κ2) is 7.33. The van der Waals surface area contributed by atoms with Crippen LogP contribution in [-0.2, 0) is 26.0 Å². The maximum Gasteiger partial charge on any atom is 0.275 e. The van der Waals surface area contributed by atoms with Crippen LogP contribution in [0, 0.1) is 5.82 Å². The van der Waals surface area contributed by atoms with E-state index < -0.39 is 27.9 Å². The first-order chi connectivity index (χ1) is 12.8. The summed E-state index contributed by atoms with van der Waals surface area (Å²) in [6.45, 7) is 1.35. The molecule has 2 aromatic rings. The fraction of sp³-hybridized carbons (Fsp3) is 0.176. The third-order valence-corrected chi connectivity index (χ3v) is 5.08. The highest BCUT2D eigenvalue weighted by Crippen LogP contribution is 2.25. The number of fused-ring (bicyclic) bond motifs is 1. The van der Waals surface area contributed by atoms with E-state index in [1.165, 1.54) is 43.3 Å². The van der Waals surface area contributed by atoms with Gasteiger partial charge in [-0.05, 0) is 42.8 Å². The normalized spacial score (nSPS) is 14.2. The molecule has 0 spiro atoms. The van der Waals surface area contributed by atoms with E-state index in [-0.39, 0.29) is 23.0 Å². The average Bonchev–Trinajstić information content (AvgIpc) is 3.00. The first-order valence-electron chi connectivity index (χ1n) is 7.92. The first kappa shape index (κ1) is 18.8. The maximum atomic E-state index is 13.5. The molecule has 2 amide bonds. The van der Waals surface area contributed by atoms with Crippen LogP contribution in [0.5, 0.6) is 5.75 Å². The number of hydrazine groups is 1. The molecule has 1 aliphatic rings. The topological polar surface area (TPSA) is 114 Å². The van der Waals surface area contributed by atoms with E-state index in [4.69, 9.17) is 4.74 Å². The number of ether oxygens (including phenoxy) is 1. The molecule has 0 fully saturated rings. The molecule has 8 nitrogen and oxygen atoms in total. The monoisotopic (exact) mass is 393 g/mol. The Labute approximate surface area is 154 Å². The van der Waals surface area contributed by atoms with Crippen LogP contribution in [0.4, 0.5) is 10.1 Å². The smallest absolute Gasteiger partial charge is 0.275 e. The number of halogens is 1. The van der Waals surface area contributed by atoms with Gasteiger partial charge in [-0.2, -0.15) is 0 Å². The SMILES string of the molecule is C[C@@H](Oc1ccccc1F)C(=O)NNS(=O)(=O)c1ccc2c(c1)CC(=O)N2. The fourth-order valence-corrected chi connectivity index (χ4v) is 3.33. The van der Waals surface area contributed by atoms with Crippen LogP contribution in [0.25, 0.3) is 0 Å². The largest absolute Gasteiger partial charge is 0.478 e. The van der Waals surface area contributed by atoms with Crippen molar-refractivity contribution in [2.45, 2.75) is 24.3 Å². The standard InChI is InChI=1S/C17H16FN3O5S/c1-10(26-15-5-3-2-4-13(15)18)17(23)20-21-27(24,25)12-6-7-14-11(8-12)9-16(22)19-14/h2-8,10,21H,9H2,1H3,(H,19,22)(H,20,23)/t10-/m1/s1. The van der Waals surface area contributed by atoms with Crippen molar-refractivity contribution in [3.8, 4) is 5.75 Å². The van der Waals surface area contributed by atoms with Crippen molar-refractivity contribution in [1.82, 2.24) is 10.3 Å². The van der Waals surface area contributed by atoms with Gasteiger partial charge in [-0.15, -0.1) is 4.83 Å². The van der Waals surface area contributed by atoms with Gasteiger partial charge in [0.05, 0.1) is 11.3 Å². The molecule has 1 atom stereocenters. The van der Waals surface area contributed by atoms with Crippen LogP contribution < -0.4 is 20.3 Å². The summed E-state index contributed by atoms with van der Waals surface area (Å²) in [6.07, 6.45) is -1.06. The maximum absolute atomic E-state index is 13.5. The van der Waals surface area contributed by atoms with Crippen molar-refractivity contribution in [3.05, 3.63) is 53.8 Å². The van der Waals surface area contributed by atoms with Gasteiger partial charge in [0.15, 0.2) is 17.7 Å². The Morgan fingerprint density at radius 2 is 2.00 bits per heavy atom. The van der Waals surface area contributed by atoms with Crippen LogP contribution >= 0.6 is 0 Å². The molecule has 0 aromatic heterocycles. The molecule has 0 bridgehead atoms. The molecule has 3 rings (SSSR count). The zero-order chi connectivity index (χ0) is 19.6.